The van der Waals surface area contributed by atoms with E-state index in [9.17, 15) is 9.59 Å². The molecule has 1 aliphatic rings. The van der Waals surface area contributed by atoms with Crippen LogP contribution in [0, 0.1) is 5.41 Å². The normalized spacial score (nSPS) is 21.9. The number of methoxy groups -OCH3 is 1. The third-order valence-electron chi connectivity index (χ3n) is 3.74. The average molecular weight is 270 g/mol. The van der Waals surface area contributed by atoms with Crippen LogP contribution in [0.1, 0.15) is 46.5 Å². The highest BCUT2D eigenvalue weighted by Crippen LogP contribution is 2.25. The van der Waals surface area contributed by atoms with Gasteiger partial charge in [-0.15, -0.1) is 0 Å². The van der Waals surface area contributed by atoms with Crippen molar-refractivity contribution in [3.05, 3.63) is 0 Å². The van der Waals surface area contributed by atoms with Crippen LogP contribution in [0.2, 0.25) is 0 Å². The van der Waals surface area contributed by atoms with Crippen LogP contribution in [-0.2, 0) is 14.3 Å². The topological polar surface area (TPSA) is 72.6 Å². The molecule has 0 aromatic rings. The molecule has 1 rings (SSSR count). The Bertz CT molecular complexity index is 336. The zero-order chi connectivity index (χ0) is 14.6. The van der Waals surface area contributed by atoms with Crippen molar-refractivity contribution < 1.29 is 14.3 Å². The largest absolute Gasteiger partial charge is 0.469 e. The molecule has 19 heavy (non-hydrogen) atoms. The lowest BCUT2D eigenvalue weighted by Gasteiger charge is -2.39. The Morgan fingerprint density at radius 2 is 2.00 bits per heavy atom. The molecule has 1 saturated heterocycles. The number of nitrogens with two attached hydrogens (primary N) is 1. The van der Waals surface area contributed by atoms with E-state index in [0.717, 1.165) is 19.3 Å². The van der Waals surface area contributed by atoms with Crippen LogP contribution in [0.3, 0.4) is 0 Å². The highest BCUT2D eigenvalue weighted by Gasteiger charge is 2.36. The Morgan fingerprint density at radius 1 is 1.37 bits per heavy atom. The Balaban J connectivity index is 2.76. The van der Waals surface area contributed by atoms with Gasteiger partial charge in [0.1, 0.15) is 0 Å². The molecule has 5 heteroatoms. The number of piperidine rings is 1. The zero-order valence-electron chi connectivity index (χ0n) is 12.4. The quantitative estimate of drug-likeness (QED) is 0.785. The molecule has 1 fully saturated rings. The van der Waals surface area contributed by atoms with E-state index in [-0.39, 0.29) is 29.8 Å². The van der Waals surface area contributed by atoms with Crippen LogP contribution in [0.15, 0.2) is 0 Å². The fraction of sp³-hybridized carbons (Fsp3) is 0.857. The van der Waals surface area contributed by atoms with Gasteiger partial charge in [-0.25, -0.2) is 0 Å². The van der Waals surface area contributed by atoms with Gasteiger partial charge in [0, 0.05) is 12.6 Å². The fourth-order valence-corrected chi connectivity index (χ4v) is 2.33. The van der Waals surface area contributed by atoms with E-state index in [4.69, 9.17) is 10.5 Å². The summed E-state index contributed by atoms with van der Waals surface area (Å²) in [6.07, 6.45) is 3.12. The molecule has 0 saturated carbocycles. The van der Waals surface area contributed by atoms with Crippen molar-refractivity contribution in [3.8, 4) is 0 Å². The molecule has 1 unspecified atom stereocenters. The number of likely N-dealkylation sites (tertiary alicyclic amines) is 1. The Labute approximate surface area is 115 Å². The second-order valence-corrected chi connectivity index (χ2v) is 6.31. The van der Waals surface area contributed by atoms with Gasteiger partial charge in [0.15, 0.2) is 0 Å². The lowest BCUT2D eigenvalue weighted by atomic mass is 9.85. The molecule has 0 spiro atoms. The van der Waals surface area contributed by atoms with E-state index in [2.05, 4.69) is 0 Å². The predicted molar refractivity (Wildman–Crippen MR) is 73.4 cm³/mol. The molecule has 1 aliphatic heterocycles. The number of rotatable bonds is 3. The third kappa shape index (κ3) is 4.20. The number of hydrogen-bond acceptors (Lipinski definition) is 4. The van der Waals surface area contributed by atoms with Gasteiger partial charge in [0.05, 0.1) is 19.6 Å². The van der Waals surface area contributed by atoms with Gasteiger partial charge in [0.2, 0.25) is 5.91 Å². The molecule has 0 aliphatic carbocycles. The second-order valence-electron chi connectivity index (χ2n) is 6.31. The second kappa shape index (κ2) is 6.37. The van der Waals surface area contributed by atoms with Crippen LogP contribution in [0.25, 0.3) is 0 Å². The summed E-state index contributed by atoms with van der Waals surface area (Å²) in [6, 6.07) is -0.604. The van der Waals surface area contributed by atoms with E-state index in [1.54, 1.807) is 4.90 Å². The van der Waals surface area contributed by atoms with Crippen molar-refractivity contribution in [2.75, 3.05) is 13.7 Å². The number of carbonyl (C=O) groups is 2. The smallest absolute Gasteiger partial charge is 0.307 e. The summed E-state index contributed by atoms with van der Waals surface area (Å²) in [7, 11) is 1.37. The van der Waals surface area contributed by atoms with Crippen LogP contribution in [0.4, 0.5) is 0 Å². The van der Waals surface area contributed by atoms with E-state index >= 15 is 0 Å². The van der Waals surface area contributed by atoms with Crippen molar-refractivity contribution >= 4 is 11.9 Å². The van der Waals surface area contributed by atoms with Crippen LogP contribution in [-0.4, -0.2) is 42.5 Å². The van der Waals surface area contributed by atoms with E-state index in [1.165, 1.54) is 7.11 Å². The van der Waals surface area contributed by atoms with Crippen molar-refractivity contribution in [3.63, 3.8) is 0 Å². The van der Waals surface area contributed by atoms with Gasteiger partial charge >= 0.3 is 5.97 Å². The summed E-state index contributed by atoms with van der Waals surface area (Å²) >= 11 is 0. The molecule has 1 heterocycles. The van der Waals surface area contributed by atoms with E-state index < -0.39 is 6.04 Å². The third-order valence-corrected chi connectivity index (χ3v) is 3.74. The molecular formula is C14H26N2O3. The Kier molecular flexibility index (Phi) is 5.35. The van der Waals surface area contributed by atoms with Gasteiger partial charge in [-0.3, -0.25) is 9.59 Å². The minimum atomic E-state index is -0.536. The molecule has 0 aromatic heterocycles. The van der Waals surface area contributed by atoms with E-state index in [1.807, 2.05) is 20.8 Å². The van der Waals surface area contributed by atoms with Crippen LogP contribution >= 0.6 is 0 Å². The number of esters is 1. The Hall–Kier alpha value is -1.10. The minimum absolute atomic E-state index is 0.0545. The molecule has 0 radical (unpaired) electrons. The number of hydrogen-bond donors (Lipinski definition) is 1. The summed E-state index contributed by atoms with van der Waals surface area (Å²) in [6.45, 7) is 6.54. The van der Waals surface area contributed by atoms with Crippen LogP contribution < -0.4 is 5.73 Å². The average Bonchev–Trinajstić information content (AvgIpc) is 2.36. The number of nitrogens with zero attached hydrogens (tertiary/aromatic N) is 1. The maximum absolute atomic E-state index is 12.5. The van der Waals surface area contributed by atoms with E-state index in [0.29, 0.717) is 6.54 Å². The first-order valence-corrected chi connectivity index (χ1v) is 6.90. The predicted octanol–water partition coefficient (Wildman–Crippen LogP) is 1.30. The standard InChI is InChI=1S/C14H26N2O3/c1-14(2,3)12(15)13(18)16-8-6-5-7-10(16)9-11(17)19-4/h10,12H,5-9,15H2,1-4H3/t10?,12-/m0/s1. The number of amides is 1. The number of carbonyl (C=O) groups excluding carboxylic acids is 2. The number of ether oxygens (including phenoxy) is 1. The van der Waals surface area contributed by atoms with Gasteiger partial charge in [-0.05, 0) is 24.7 Å². The van der Waals surface area contributed by atoms with Crippen molar-refractivity contribution in [2.45, 2.75) is 58.5 Å². The van der Waals surface area contributed by atoms with Gasteiger partial charge in [-0.1, -0.05) is 20.8 Å². The highest BCUT2D eigenvalue weighted by molar-refractivity contribution is 5.83. The van der Waals surface area contributed by atoms with Crippen LogP contribution in [0.5, 0.6) is 0 Å². The fourth-order valence-electron chi connectivity index (χ4n) is 2.33. The maximum Gasteiger partial charge on any atom is 0.307 e. The van der Waals surface area contributed by atoms with Gasteiger partial charge < -0.3 is 15.4 Å². The summed E-state index contributed by atoms with van der Waals surface area (Å²) in [5.41, 5.74) is 5.77. The first-order chi connectivity index (χ1) is 8.77. The first-order valence-electron chi connectivity index (χ1n) is 6.90. The molecule has 5 nitrogen and oxygen atoms in total. The summed E-state index contributed by atoms with van der Waals surface area (Å²) in [5, 5.41) is 0. The van der Waals surface area contributed by atoms with Crippen molar-refractivity contribution in [1.82, 2.24) is 4.90 Å². The maximum atomic E-state index is 12.5. The molecule has 0 bridgehead atoms. The summed E-state index contributed by atoms with van der Waals surface area (Å²) in [4.78, 5) is 25.7. The molecule has 2 N–H and O–H groups in total. The molecular weight excluding hydrogens is 244 g/mol. The Morgan fingerprint density at radius 3 is 2.53 bits per heavy atom. The highest BCUT2D eigenvalue weighted by atomic mass is 16.5. The lowest BCUT2D eigenvalue weighted by molar-refractivity contribution is -0.145. The van der Waals surface area contributed by atoms with Gasteiger partial charge in [-0.2, -0.15) is 0 Å². The van der Waals surface area contributed by atoms with Crippen molar-refractivity contribution in [2.24, 2.45) is 11.1 Å². The first kappa shape index (κ1) is 16.0. The summed E-state index contributed by atoms with van der Waals surface area (Å²) in [5.74, 6) is -0.324. The van der Waals surface area contributed by atoms with Gasteiger partial charge in [0.25, 0.3) is 0 Å². The molecule has 1 amide bonds. The monoisotopic (exact) mass is 270 g/mol. The minimum Gasteiger partial charge on any atom is -0.469 e. The molecule has 2 atom stereocenters. The summed E-state index contributed by atoms with van der Waals surface area (Å²) < 4.78 is 4.70. The molecule has 110 valence electrons. The molecule has 0 aromatic carbocycles. The van der Waals surface area contributed by atoms with Crippen molar-refractivity contribution in [1.29, 1.82) is 0 Å². The lowest BCUT2D eigenvalue weighted by Crippen LogP contribution is -2.55. The SMILES string of the molecule is COC(=O)CC1CCCCN1C(=O)[C@H](N)C(C)(C)C. The zero-order valence-corrected chi connectivity index (χ0v) is 12.4.